The summed E-state index contributed by atoms with van der Waals surface area (Å²) in [5.74, 6) is 1.56. The van der Waals surface area contributed by atoms with Crippen molar-refractivity contribution in [1.29, 1.82) is 0 Å². The number of hydrogen-bond acceptors (Lipinski definition) is 7. The van der Waals surface area contributed by atoms with E-state index in [-0.39, 0.29) is 23.4 Å². The second kappa shape index (κ2) is 8.79. The second-order valence-corrected chi connectivity index (χ2v) is 10.0. The third-order valence-corrected chi connectivity index (χ3v) is 7.77. The molecule has 33 heavy (non-hydrogen) atoms. The zero-order valence-corrected chi connectivity index (χ0v) is 19.1. The SMILES string of the molecule is CC(NS(=O)(=O)c1cccc2c(=O)[nH]ccc12)N1CCN(Cc2ccc3c(c2)OCO3)CC1. The van der Waals surface area contributed by atoms with Crippen LogP contribution in [0.3, 0.4) is 0 Å². The maximum atomic E-state index is 13.1. The van der Waals surface area contributed by atoms with Gasteiger partial charge >= 0.3 is 0 Å². The number of benzene rings is 2. The van der Waals surface area contributed by atoms with Crippen molar-refractivity contribution < 1.29 is 17.9 Å². The average Bonchev–Trinajstić information content (AvgIpc) is 3.27. The topological polar surface area (TPSA) is 104 Å². The highest BCUT2D eigenvalue weighted by Gasteiger charge is 2.26. The summed E-state index contributed by atoms with van der Waals surface area (Å²) < 4.78 is 39.9. The van der Waals surface area contributed by atoms with E-state index in [0.29, 0.717) is 10.8 Å². The van der Waals surface area contributed by atoms with E-state index in [1.165, 1.54) is 12.3 Å². The molecule has 3 heterocycles. The number of piperazine rings is 1. The fourth-order valence-corrected chi connectivity index (χ4v) is 5.85. The number of fused-ring (bicyclic) bond motifs is 2. The van der Waals surface area contributed by atoms with Crippen LogP contribution >= 0.6 is 0 Å². The largest absolute Gasteiger partial charge is 0.454 e. The molecule has 2 aromatic carbocycles. The molecule has 1 unspecified atom stereocenters. The molecule has 1 saturated heterocycles. The van der Waals surface area contributed by atoms with Crippen LogP contribution in [0.25, 0.3) is 10.8 Å². The van der Waals surface area contributed by atoms with Gasteiger partial charge in [-0.15, -0.1) is 0 Å². The van der Waals surface area contributed by atoms with Crippen LogP contribution in [0, 0.1) is 0 Å². The minimum atomic E-state index is -3.80. The number of H-pyrrole nitrogens is 1. The molecule has 1 aromatic heterocycles. The maximum Gasteiger partial charge on any atom is 0.255 e. The first-order chi connectivity index (χ1) is 15.9. The standard InChI is InChI=1S/C23H26N4O5S/c1-16(25-33(29,30)22-4-2-3-19-18(22)7-8-24-23(19)28)27-11-9-26(10-12-27)14-17-5-6-20-21(13-17)32-15-31-20/h2-8,13,16,25H,9-12,14-15H2,1H3,(H,24,28). The summed E-state index contributed by atoms with van der Waals surface area (Å²) in [7, 11) is -3.80. The molecule has 2 aliphatic heterocycles. The number of nitrogens with one attached hydrogen (secondary N) is 2. The Morgan fingerprint density at radius 3 is 2.64 bits per heavy atom. The number of rotatable bonds is 6. The van der Waals surface area contributed by atoms with Gasteiger partial charge in [0.2, 0.25) is 16.8 Å². The molecule has 2 N–H and O–H groups in total. The normalized spacial score (nSPS) is 18.0. The van der Waals surface area contributed by atoms with Crippen molar-refractivity contribution >= 4 is 20.8 Å². The van der Waals surface area contributed by atoms with E-state index in [0.717, 1.165) is 49.8 Å². The predicted octanol–water partition coefficient (Wildman–Crippen LogP) is 1.70. The van der Waals surface area contributed by atoms with Crippen molar-refractivity contribution in [2.75, 3.05) is 33.0 Å². The van der Waals surface area contributed by atoms with Crippen LogP contribution in [-0.4, -0.2) is 62.3 Å². The van der Waals surface area contributed by atoms with Gasteiger partial charge in [-0.1, -0.05) is 12.1 Å². The summed E-state index contributed by atoms with van der Waals surface area (Å²) in [5.41, 5.74) is 0.851. The average molecular weight is 471 g/mol. The summed E-state index contributed by atoms with van der Waals surface area (Å²) in [5, 5.41) is 0.764. The van der Waals surface area contributed by atoms with Crippen molar-refractivity contribution in [2.24, 2.45) is 0 Å². The number of sulfonamides is 1. The molecule has 0 amide bonds. The number of hydrogen-bond donors (Lipinski definition) is 2. The lowest BCUT2D eigenvalue weighted by Gasteiger charge is -2.38. The summed E-state index contributed by atoms with van der Waals surface area (Å²) in [6, 6.07) is 12.4. The summed E-state index contributed by atoms with van der Waals surface area (Å²) in [6.07, 6.45) is 1.09. The van der Waals surface area contributed by atoms with Crippen molar-refractivity contribution in [3.8, 4) is 11.5 Å². The molecule has 0 saturated carbocycles. The van der Waals surface area contributed by atoms with E-state index in [9.17, 15) is 13.2 Å². The molecular formula is C23H26N4O5S. The Bertz CT molecular complexity index is 1330. The molecule has 2 aliphatic rings. The molecule has 1 atom stereocenters. The van der Waals surface area contributed by atoms with Gasteiger partial charge < -0.3 is 14.5 Å². The highest BCUT2D eigenvalue weighted by atomic mass is 32.2. The molecule has 0 bridgehead atoms. The Hall–Kier alpha value is -2.92. The van der Waals surface area contributed by atoms with Crippen LogP contribution in [0.1, 0.15) is 12.5 Å². The number of ether oxygens (including phenoxy) is 2. The van der Waals surface area contributed by atoms with Crippen molar-refractivity contribution in [1.82, 2.24) is 19.5 Å². The summed E-state index contributed by atoms with van der Waals surface area (Å²) >= 11 is 0. The lowest BCUT2D eigenvalue weighted by atomic mass is 10.1. The van der Waals surface area contributed by atoms with Crippen LogP contribution < -0.4 is 19.8 Å². The van der Waals surface area contributed by atoms with Crippen molar-refractivity contribution in [3.63, 3.8) is 0 Å². The first-order valence-electron chi connectivity index (χ1n) is 10.9. The Balaban J connectivity index is 1.22. The van der Waals surface area contributed by atoms with Gasteiger partial charge in [0.25, 0.3) is 5.56 Å². The van der Waals surface area contributed by atoms with Crippen molar-refractivity contribution in [2.45, 2.75) is 24.5 Å². The van der Waals surface area contributed by atoms with Crippen LogP contribution in [0.4, 0.5) is 0 Å². The predicted molar refractivity (Wildman–Crippen MR) is 124 cm³/mol. The van der Waals surface area contributed by atoms with Gasteiger partial charge in [0.15, 0.2) is 11.5 Å². The number of pyridine rings is 1. The maximum absolute atomic E-state index is 13.1. The van der Waals surface area contributed by atoms with Gasteiger partial charge in [-0.3, -0.25) is 14.6 Å². The van der Waals surface area contributed by atoms with E-state index in [1.54, 1.807) is 18.2 Å². The van der Waals surface area contributed by atoms with Gasteiger partial charge in [0.05, 0.1) is 11.1 Å². The third kappa shape index (κ3) is 4.47. The van der Waals surface area contributed by atoms with Crippen LogP contribution in [-0.2, 0) is 16.6 Å². The van der Waals surface area contributed by atoms with Gasteiger partial charge in [0, 0.05) is 49.7 Å². The van der Waals surface area contributed by atoms with E-state index in [2.05, 4.69) is 19.5 Å². The van der Waals surface area contributed by atoms with E-state index < -0.39 is 10.0 Å². The molecular weight excluding hydrogens is 444 g/mol. The Morgan fingerprint density at radius 1 is 1.03 bits per heavy atom. The first-order valence-corrected chi connectivity index (χ1v) is 12.4. The fraction of sp³-hybridized carbons (Fsp3) is 0.348. The monoisotopic (exact) mass is 470 g/mol. The lowest BCUT2D eigenvalue weighted by molar-refractivity contribution is 0.0938. The van der Waals surface area contributed by atoms with Crippen LogP contribution in [0.15, 0.2) is 58.4 Å². The molecule has 1 fully saturated rings. The summed E-state index contributed by atoms with van der Waals surface area (Å²) in [6.45, 7) is 6.04. The second-order valence-electron chi connectivity index (χ2n) is 8.32. The van der Waals surface area contributed by atoms with E-state index in [4.69, 9.17) is 9.47 Å². The zero-order chi connectivity index (χ0) is 23.0. The summed E-state index contributed by atoms with van der Waals surface area (Å²) in [4.78, 5) is 19.2. The molecule has 0 aliphatic carbocycles. The van der Waals surface area contributed by atoms with Crippen molar-refractivity contribution in [3.05, 3.63) is 64.6 Å². The molecule has 0 spiro atoms. The highest BCUT2D eigenvalue weighted by molar-refractivity contribution is 7.89. The van der Waals surface area contributed by atoms with Gasteiger partial charge in [-0.2, -0.15) is 4.72 Å². The van der Waals surface area contributed by atoms with E-state index in [1.807, 2.05) is 25.1 Å². The van der Waals surface area contributed by atoms with Gasteiger partial charge in [-0.05, 0) is 42.8 Å². The van der Waals surface area contributed by atoms with E-state index >= 15 is 0 Å². The quantitative estimate of drug-likeness (QED) is 0.565. The van der Waals surface area contributed by atoms with Crippen LogP contribution in [0.2, 0.25) is 0 Å². The van der Waals surface area contributed by atoms with Gasteiger partial charge in [0.1, 0.15) is 0 Å². The number of nitrogens with zero attached hydrogens (tertiary/aromatic N) is 2. The number of aromatic amines is 1. The Kier molecular flexibility index (Phi) is 5.83. The fourth-order valence-electron chi connectivity index (χ4n) is 4.40. The zero-order valence-electron chi connectivity index (χ0n) is 18.3. The molecule has 9 nitrogen and oxygen atoms in total. The van der Waals surface area contributed by atoms with Crippen LogP contribution in [0.5, 0.6) is 11.5 Å². The highest BCUT2D eigenvalue weighted by Crippen LogP contribution is 2.33. The molecule has 5 rings (SSSR count). The lowest BCUT2D eigenvalue weighted by Crippen LogP contribution is -2.54. The molecule has 3 aromatic rings. The minimum Gasteiger partial charge on any atom is -0.454 e. The first kappa shape index (κ1) is 21.9. The third-order valence-electron chi connectivity index (χ3n) is 6.19. The van der Waals surface area contributed by atoms with Gasteiger partial charge in [-0.25, -0.2) is 8.42 Å². The Labute approximate surface area is 192 Å². The smallest absolute Gasteiger partial charge is 0.255 e. The molecule has 0 radical (unpaired) electrons. The number of aromatic nitrogens is 1. The molecule has 10 heteroatoms. The minimum absolute atomic E-state index is 0.111. The molecule has 174 valence electrons. The Morgan fingerprint density at radius 2 is 1.82 bits per heavy atom.